The molecule has 11 heteroatoms. The summed E-state index contributed by atoms with van der Waals surface area (Å²) in [6, 6.07) is 11.6. The largest absolute Gasteiger partial charge is 0.416 e. The molecule has 0 aromatic heterocycles. The van der Waals surface area contributed by atoms with Gasteiger partial charge in [0.05, 0.1) is 17.0 Å². The van der Waals surface area contributed by atoms with Gasteiger partial charge in [-0.25, -0.2) is 12.7 Å². The van der Waals surface area contributed by atoms with Gasteiger partial charge in [0.15, 0.2) is 0 Å². The number of hydrogen-bond acceptors (Lipinski definition) is 5. The normalized spacial score (nSPS) is 14.1. The van der Waals surface area contributed by atoms with E-state index in [1.165, 1.54) is 7.05 Å². The highest BCUT2D eigenvalue weighted by Gasteiger charge is 2.32. The number of alkyl halides is 3. The Morgan fingerprint density at radius 1 is 1.09 bits per heavy atom. The Morgan fingerprint density at radius 2 is 1.80 bits per heavy atom. The van der Waals surface area contributed by atoms with Crippen LogP contribution in [0.2, 0.25) is 0 Å². The molecule has 0 bridgehead atoms. The Bertz CT molecular complexity index is 1170. The Hall–Kier alpha value is -2.92. The lowest BCUT2D eigenvalue weighted by Gasteiger charge is -2.20. The molecule has 1 aliphatic heterocycles. The van der Waals surface area contributed by atoms with Crippen molar-refractivity contribution >= 4 is 21.8 Å². The minimum atomic E-state index is -4.63. The molecule has 0 spiro atoms. The average molecular weight is 511 g/mol. The summed E-state index contributed by atoms with van der Waals surface area (Å²) in [4.78, 5) is 18.0. The van der Waals surface area contributed by atoms with Crippen molar-refractivity contribution in [3.8, 4) is 0 Å². The summed E-state index contributed by atoms with van der Waals surface area (Å²) in [5, 5.41) is 3.22. The van der Waals surface area contributed by atoms with Crippen molar-refractivity contribution in [2.45, 2.75) is 30.3 Å². The van der Waals surface area contributed by atoms with Crippen molar-refractivity contribution in [3.63, 3.8) is 0 Å². The predicted octanol–water partition coefficient (Wildman–Crippen LogP) is 3.16. The number of nitrogens with zero attached hydrogens (tertiary/aromatic N) is 3. The van der Waals surface area contributed by atoms with Crippen LogP contribution in [-0.2, 0) is 27.4 Å². The number of benzene rings is 2. The van der Waals surface area contributed by atoms with Crippen molar-refractivity contribution in [1.82, 2.24) is 14.5 Å². The summed E-state index contributed by atoms with van der Waals surface area (Å²) < 4.78 is 65.0. The lowest BCUT2D eigenvalue weighted by atomic mass is 10.1. The molecule has 1 amide bonds. The number of hydrogen-bond donors (Lipinski definition) is 1. The van der Waals surface area contributed by atoms with Gasteiger partial charge in [-0.1, -0.05) is 30.3 Å². The van der Waals surface area contributed by atoms with Crippen LogP contribution in [0.4, 0.5) is 13.2 Å². The lowest BCUT2D eigenvalue weighted by Crippen LogP contribution is -2.31. The molecule has 35 heavy (non-hydrogen) atoms. The van der Waals surface area contributed by atoms with Gasteiger partial charge in [-0.15, -0.1) is 0 Å². The molecule has 0 saturated carbocycles. The summed E-state index contributed by atoms with van der Waals surface area (Å²) >= 11 is 0. The lowest BCUT2D eigenvalue weighted by molar-refractivity contribution is -0.137. The molecule has 7 nitrogen and oxygen atoms in total. The average Bonchev–Trinajstić information content (AvgIpc) is 3.37. The molecular formula is C24H29F3N4O3S. The van der Waals surface area contributed by atoms with E-state index in [2.05, 4.69) is 10.3 Å². The van der Waals surface area contributed by atoms with Crippen LogP contribution in [0.25, 0.3) is 0 Å². The van der Waals surface area contributed by atoms with E-state index in [0.29, 0.717) is 19.0 Å². The second kappa shape index (κ2) is 11.2. The zero-order valence-electron chi connectivity index (χ0n) is 19.7. The molecule has 0 fully saturated rings. The molecule has 0 aliphatic carbocycles. The predicted molar refractivity (Wildman–Crippen MR) is 128 cm³/mol. The smallest absolute Gasteiger partial charge is 0.368 e. The Kier molecular flexibility index (Phi) is 8.55. The number of aliphatic imine (C=N–C) groups is 1. The number of carbonyl (C=O) groups excluding carboxylic acids is 1. The zero-order chi connectivity index (χ0) is 25.6. The van der Waals surface area contributed by atoms with Gasteiger partial charge >= 0.3 is 6.18 Å². The number of sulfonamides is 1. The monoisotopic (exact) mass is 510 g/mol. The van der Waals surface area contributed by atoms with Crippen molar-refractivity contribution in [1.29, 1.82) is 0 Å². The third kappa shape index (κ3) is 7.04. The van der Waals surface area contributed by atoms with E-state index in [1.54, 1.807) is 11.9 Å². The molecule has 190 valence electrons. The fraction of sp³-hybridized carbons (Fsp3) is 0.417. The van der Waals surface area contributed by atoms with Gasteiger partial charge < -0.3 is 10.2 Å². The van der Waals surface area contributed by atoms with Crippen molar-refractivity contribution in [3.05, 3.63) is 65.2 Å². The molecule has 0 radical (unpaired) electrons. The van der Waals surface area contributed by atoms with Gasteiger partial charge in [-0.2, -0.15) is 13.2 Å². The van der Waals surface area contributed by atoms with Crippen molar-refractivity contribution in [2.24, 2.45) is 4.99 Å². The van der Waals surface area contributed by atoms with Crippen LogP contribution in [0.5, 0.6) is 0 Å². The van der Waals surface area contributed by atoms with Crippen LogP contribution in [0.15, 0.2) is 58.4 Å². The number of amidine groups is 1. The first-order valence-corrected chi connectivity index (χ1v) is 12.7. The highest BCUT2D eigenvalue weighted by molar-refractivity contribution is 7.89. The minimum Gasteiger partial charge on any atom is -0.368 e. The second-order valence-corrected chi connectivity index (χ2v) is 10.4. The van der Waals surface area contributed by atoms with E-state index in [-0.39, 0.29) is 25.3 Å². The van der Waals surface area contributed by atoms with Gasteiger partial charge in [0, 0.05) is 45.7 Å². The van der Waals surface area contributed by atoms with Crippen molar-refractivity contribution < 1.29 is 26.4 Å². The summed E-state index contributed by atoms with van der Waals surface area (Å²) in [6.07, 6.45) is -3.58. The summed E-state index contributed by atoms with van der Waals surface area (Å²) in [5.41, 5.74) is 1.08. The highest BCUT2D eigenvalue weighted by atomic mass is 32.2. The van der Waals surface area contributed by atoms with E-state index < -0.39 is 26.7 Å². The Balaban J connectivity index is 1.46. The topological polar surface area (TPSA) is 82.1 Å². The molecule has 3 rings (SSSR count). The number of rotatable bonds is 10. The second-order valence-electron chi connectivity index (χ2n) is 8.38. The van der Waals surface area contributed by atoms with E-state index >= 15 is 0 Å². The Labute approximate surface area is 203 Å². The molecule has 1 aliphatic rings. The van der Waals surface area contributed by atoms with Gasteiger partial charge in [0.25, 0.3) is 0 Å². The maximum absolute atomic E-state index is 12.9. The highest BCUT2D eigenvalue weighted by Crippen LogP contribution is 2.31. The number of halogens is 3. The van der Waals surface area contributed by atoms with Gasteiger partial charge in [-0.3, -0.25) is 9.79 Å². The van der Waals surface area contributed by atoms with Crippen LogP contribution in [-0.4, -0.2) is 69.6 Å². The SMILES string of the molecule is CN(CCc1ccc(C2=NCCN2)cc1)C(=O)CCCN(C)S(=O)(=O)c1cccc(C(F)(F)F)c1. The third-order valence-corrected chi connectivity index (χ3v) is 7.65. The van der Waals surface area contributed by atoms with Gasteiger partial charge in [0.2, 0.25) is 15.9 Å². The number of nitrogens with one attached hydrogen (secondary N) is 1. The first-order valence-electron chi connectivity index (χ1n) is 11.2. The molecule has 1 heterocycles. The van der Waals surface area contributed by atoms with E-state index in [9.17, 15) is 26.4 Å². The first-order chi connectivity index (χ1) is 16.5. The molecular weight excluding hydrogens is 481 g/mol. The third-order valence-electron chi connectivity index (χ3n) is 5.80. The van der Waals surface area contributed by atoms with Crippen LogP contribution >= 0.6 is 0 Å². The molecule has 1 N–H and O–H groups in total. The summed E-state index contributed by atoms with van der Waals surface area (Å²) in [5.74, 6) is 0.764. The summed E-state index contributed by atoms with van der Waals surface area (Å²) in [6.45, 7) is 2.14. The van der Waals surface area contributed by atoms with E-state index in [4.69, 9.17) is 0 Å². The molecule has 0 saturated heterocycles. The quantitative estimate of drug-likeness (QED) is 0.533. The van der Waals surface area contributed by atoms with Crippen LogP contribution in [0, 0.1) is 0 Å². The van der Waals surface area contributed by atoms with E-state index in [0.717, 1.165) is 52.6 Å². The minimum absolute atomic E-state index is 0.0115. The van der Waals surface area contributed by atoms with Crippen LogP contribution in [0.3, 0.4) is 0 Å². The standard InChI is InChI=1S/C24H29F3N4O3S/c1-30(16-12-18-8-10-19(11-9-18)23-28-13-14-29-23)22(32)7-4-15-31(2)35(33,34)21-6-3-5-20(17-21)24(25,26)27/h3,5-6,8-11,17H,4,7,12-16H2,1-2H3,(H,28,29). The molecule has 0 atom stereocenters. The molecule has 0 unspecified atom stereocenters. The maximum Gasteiger partial charge on any atom is 0.416 e. The first kappa shape index (κ1) is 26.7. The Morgan fingerprint density at radius 3 is 2.43 bits per heavy atom. The molecule has 2 aromatic carbocycles. The number of likely N-dealkylation sites (N-methyl/N-ethyl adjacent to an activating group) is 1. The van der Waals surface area contributed by atoms with Crippen LogP contribution < -0.4 is 5.32 Å². The number of carbonyl (C=O) groups is 1. The number of amides is 1. The van der Waals surface area contributed by atoms with Crippen molar-refractivity contribution in [2.75, 3.05) is 40.3 Å². The van der Waals surface area contributed by atoms with Gasteiger partial charge in [-0.05, 0) is 36.6 Å². The zero-order valence-corrected chi connectivity index (χ0v) is 20.5. The van der Waals surface area contributed by atoms with Gasteiger partial charge in [0.1, 0.15) is 5.84 Å². The molecule has 2 aromatic rings. The fourth-order valence-electron chi connectivity index (χ4n) is 3.62. The summed E-state index contributed by atoms with van der Waals surface area (Å²) in [7, 11) is -1.12. The maximum atomic E-state index is 12.9. The van der Waals surface area contributed by atoms with Crippen LogP contribution in [0.1, 0.15) is 29.5 Å². The van der Waals surface area contributed by atoms with E-state index in [1.807, 2.05) is 24.3 Å². The fourth-order valence-corrected chi connectivity index (χ4v) is 4.87.